The fourth-order valence-electron chi connectivity index (χ4n) is 1.24. The van der Waals surface area contributed by atoms with Gasteiger partial charge in [-0.3, -0.25) is 0 Å². The summed E-state index contributed by atoms with van der Waals surface area (Å²) in [6.07, 6.45) is 0.593. The van der Waals surface area contributed by atoms with Crippen LogP contribution in [0.3, 0.4) is 0 Å². The van der Waals surface area contributed by atoms with Crippen molar-refractivity contribution in [2.75, 3.05) is 26.0 Å². The Hall–Kier alpha value is -0.820. The van der Waals surface area contributed by atoms with Crippen LogP contribution in [0.5, 0.6) is 0 Å². The first-order valence-electron chi connectivity index (χ1n) is 5.01. The molecule has 1 rings (SSSR count). The highest BCUT2D eigenvalue weighted by Crippen LogP contribution is 2.22. The molecule has 7 heteroatoms. The van der Waals surface area contributed by atoms with E-state index >= 15 is 0 Å². The van der Waals surface area contributed by atoms with Crippen LogP contribution in [0, 0.1) is 0 Å². The van der Waals surface area contributed by atoms with E-state index in [1.807, 2.05) is 0 Å². The number of ether oxygens (including phenoxy) is 1. The molecule has 5 nitrogen and oxygen atoms in total. The number of nitrogens with two attached hydrogens (primary N) is 1. The molecule has 0 amide bonds. The minimum atomic E-state index is -3.61. The number of sulfonamides is 1. The largest absolute Gasteiger partial charge is 0.398 e. The molecule has 0 saturated carbocycles. The van der Waals surface area contributed by atoms with E-state index in [0.717, 1.165) is 0 Å². The van der Waals surface area contributed by atoms with Gasteiger partial charge in [-0.15, -0.1) is 0 Å². The molecule has 3 N–H and O–H groups in total. The fourth-order valence-corrected chi connectivity index (χ4v) is 2.71. The Labute approximate surface area is 106 Å². The lowest BCUT2D eigenvalue weighted by Crippen LogP contribution is -2.26. The Morgan fingerprint density at radius 3 is 2.82 bits per heavy atom. The molecule has 0 bridgehead atoms. The van der Waals surface area contributed by atoms with Gasteiger partial charge in [-0.1, -0.05) is 11.6 Å². The van der Waals surface area contributed by atoms with Crippen LogP contribution in [0.2, 0.25) is 5.02 Å². The molecule has 96 valence electrons. The number of methoxy groups -OCH3 is 1. The summed E-state index contributed by atoms with van der Waals surface area (Å²) < 4.78 is 31.0. The van der Waals surface area contributed by atoms with Crippen molar-refractivity contribution in [3.05, 3.63) is 23.2 Å². The zero-order chi connectivity index (χ0) is 12.9. The maximum absolute atomic E-state index is 11.9. The Bertz CT molecular complexity index is 476. The van der Waals surface area contributed by atoms with E-state index in [1.54, 1.807) is 13.2 Å². The topological polar surface area (TPSA) is 81.4 Å². The predicted octanol–water partition coefficient (Wildman–Crippen LogP) is 1.24. The molecule has 0 heterocycles. The predicted molar refractivity (Wildman–Crippen MR) is 67.5 cm³/mol. The van der Waals surface area contributed by atoms with Crippen LogP contribution in [0.15, 0.2) is 23.1 Å². The van der Waals surface area contributed by atoms with E-state index in [4.69, 9.17) is 22.1 Å². The lowest BCUT2D eigenvalue weighted by molar-refractivity contribution is 0.196. The van der Waals surface area contributed by atoms with Crippen LogP contribution in [0.25, 0.3) is 0 Å². The molecule has 17 heavy (non-hydrogen) atoms. The quantitative estimate of drug-likeness (QED) is 0.606. The molecule has 0 aliphatic carbocycles. The number of nitrogens with one attached hydrogen (secondary N) is 1. The van der Waals surface area contributed by atoms with Crippen LogP contribution < -0.4 is 10.5 Å². The third kappa shape index (κ3) is 4.16. The number of halogens is 1. The minimum Gasteiger partial charge on any atom is -0.398 e. The van der Waals surface area contributed by atoms with Crippen molar-refractivity contribution in [2.45, 2.75) is 11.3 Å². The molecule has 0 aliphatic rings. The standard InChI is InChI=1S/C10H15ClN2O3S/c1-16-6-2-5-13-17(14,15)10-7-8(11)3-4-9(10)12/h3-4,7,13H,2,5-6,12H2,1H3. The first kappa shape index (κ1) is 14.2. The first-order valence-corrected chi connectivity index (χ1v) is 6.87. The summed E-state index contributed by atoms with van der Waals surface area (Å²) in [5.41, 5.74) is 5.78. The maximum Gasteiger partial charge on any atom is 0.242 e. The lowest BCUT2D eigenvalue weighted by atomic mass is 10.3. The van der Waals surface area contributed by atoms with Crippen molar-refractivity contribution in [1.82, 2.24) is 4.72 Å². The average molecular weight is 279 g/mol. The maximum atomic E-state index is 11.9. The molecular weight excluding hydrogens is 264 g/mol. The average Bonchev–Trinajstić information content (AvgIpc) is 2.28. The smallest absolute Gasteiger partial charge is 0.242 e. The first-order chi connectivity index (χ1) is 7.97. The van der Waals surface area contributed by atoms with Gasteiger partial charge in [0.25, 0.3) is 0 Å². The second-order valence-corrected chi connectivity index (χ2v) is 5.60. The van der Waals surface area contributed by atoms with Gasteiger partial charge in [-0.05, 0) is 24.6 Å². The Balaban J connectivity index is 2.79. The molecule has 0 saturated heterocycles. The molecule has 1 aromatic rings. The summed E-state index contributed by atoms with van der Waals surface area (Å²) in [6.45, 7) is 0.787. The normalized spacial score (nSPS) is 11.6. The molecule has 0 aliphatic heterocycles. The van der Waals surface area contributed by atoms with Crippen molar-refractivity contribution < 1.29 is 13.2 Å². The third-order valence-corrected chi connectivity index (χ3v) is 3.83. The number of hydrogen-bond acceptors (Lipinski definition) is 4. The molecule has 0 aromatic heterocycles. The number of hydrogen-bond donors (Lipinski definition) is 2. The van der Waals surface area contributed by atoms with E-state index in [1.165, 1.54) is 12.1 Å². The summed E-state index contributed by atoms with van der Waals surface area (Å²) in [6, 6.07) is 4.34. The fraction of sp³-hybridized carbons (Fsp3) is 0.400. The highest BCUT2D eigenvalue weighted by Gasteiger charge is 2.16. The van der Waals surface area contributed by atoms with Gasteiger partial charge in [0, 0.05) is 25.3 Å². The van der Waals surface area contributed by atoms with Gasteiger partial charge < -0.3 is 10.5 Å². The minimum absolute atomic E-state index is 0.00224. The van der Waals surface area contributed by atoms with Gasteiger partial charge >= 0.3 is 0 Å². The van der Waals surface area contributed by atoms with Crippen molar-refractivity contribution in [3.63, 3.8) is 0 Å². The van der Waals surface area contributed by atoms with E-state index in [9.17, 15) is 8.42 Å². The van der Waals surface area contributed by atoms with Crippen LogP contribution >= 0.6 is 11.6 Å². The van der Waals surface area contributed by atoms with Crippen molar-refractivity contribution in [1.29, 1.82) is 0 Å². The second-order valence-electron chi connectivity index (χ2n) is 3.43. The van der Waals surface area contributed by atoms with Gasteiger partial charge in [0.05, 0.1) is 5.69 Å². The van der Waals surface area contributed by atoms with E-state index in [0.29, 0.717) is 24.6 Å². The van der Waals surface area contributed by atoms with Crippen molar-refractivity contribution in [2.24, 2.45) is 0 Å². The molecular formula is C10H15ClN2O3S. The molecule has 0 atom stereocenters. The van der Waals surface area contributed by atoms with Crippen molar-refractivity contribution >= 4 is 27.3 Å². The molecule has 1 aromatic carbocycles. The van der Waals surface area contributed by atoms with E-state index in [2.05, 4.69) is 4.72 Å². The van der Waals surface area contributed by atoms with Gasteiger partial charge in [-0.25, -0.2) is 13.1 Å². The Kier molecular flexibility index (Phi) is 5.20. The molecule has 0 fully saturated rings. The summed E-state index contributed by atoms with van der Waals surface area (Å²) in [5, 5.41) is 0.330. The van der Waals surface area contributed by atoms with Gasteiger partial charge in [-0.2, -0.15) is 0 Å². The molecule has 0 radical (unpaired) electrons. The summed E-state index contributed by atoms with van der Waals surface area (Å²) in [4.78, 5) is 0.00224. The molecule has 0 spiro atoms. The zero-order valence-electron chi connectivity index (χ0n) is 9.44. The van der Waals surface area contributed by atoms with Crippen LogP contribution in [-0.4, -0.2) is 28.7 Å². The summed E-state index contributed by atoms with van der Waals surface area (Å²) in [7, 11) is -2.05. The number of rotatable bonds is 6. The van der Waals surface area contributed by atoms with Crippen LogP contribution in [0.1, 0.15) is 6.42 Å². The third-order valence-electron chi connectivity index (χ3n) is 2.08. The van der Waals surface area contributed by atoms with E-state index in [-0.39, 0.29) is 10.6 Å². The number of benzene rings is 1. The van der Waals surface area contributed by atoms with Crippen LogP contribution in [-0.2, 0) is 14.8 Å². The van der Waals surface area contributed by atoms with Gasteiger partial charge in [0.15, 0.2) is 0 Å². The Morgan fingerprint density at radius 2 is 2.18 bits per heavy atom. The monoisotopic (exact) mass is 278 g/mol. The van der Waals surface area contributed by atoms with E-state index < -0.39 is 10.0 Å². The SMILES string of the molecule is COCCCNS(=O)(=O)c1cc(Cl)ccc1N. The van der Waals surface area contributed by atoms with Gasteiger partial charge in [0.2, 0.25) is 10.0 Å². The Morgan fingerprint density at radius 1 is 1.47 bits per heavy atom. The van der Waals surface area contributed by atoms with Crippen LogP contribution in [0.4, 0.5) is 5.69 Å². The second kappa shape index (κ2) is 6.20. The lowest BCUT2D eigenvalue weighted by Gasteiger charge is -2.09. The summed E-state index contributed by atoms with van der Waals surface area (Å²) in [5.74, 6) is 0. The zero-order valence-corrected chi connectivity index (χ0v) is 11.0. The number of anilines is 1. The number of nitrogen functional groups attached to an aromatic ring is 1. The van der Waals surface area contributed by atoms with Gasteiger partial charge in [0.1, 0.15) is 4.90 Å². The highest BCUT2D eigenvalue weighted by molar-refractivity contribution is 7.89. The highest BCUT2D eigenvalue weighted by atomic mass is 35.5. The summed E-state index contributed by atoms with van der Waals surface area (Å²) >= 11 is 5.74. The molecule has 0 unspecified atom stereocenters. The van der Waals surface area contributed by atoms with Crippen molar-refractivity contribution in [3.8, 4) is 0 Å².